The van der Waals surface area contributed by atoms with Gasteiger partial charge < -0.3 is 0 Å². The van der Waals surface area contributed by atoms with Gasteiger partial charge in [0.15, 0.2) is 0 Å². The summed E-state index contributed by atoms with van der Waals surface area (Å²) >= 11 is 0. The van der Waals surface area contributed by atoms with Crippen LogP contribution >= 0.6 is 0 Å². The first kappa shape index (κ1) is 8.55. The summed E-state index contributed by atoms with van der Waals surface area (Å²) < 4.78 is 0. The average Bonchev–Trinajstić information content (AvgIpc) is 2.84. The summed E-state index contributed by atoms with van der Waals surface area (Å²) in [4.78, 5) is 0. The van der Waals surface area contributed by atoms with Gasteiger partial charge in [-0.05, 0) is 37.7 Å². The fourth-order valence-corrected chi connectivity index (χ4v) is 1.91. The van der Waals surface area contributed by atoms with Gasteiger partial charge in [0, 0.05) is 0 Å². The minimum atomic E-state index is 0.802. The SMILES string of the molecule is CC(C)=C[C@H]1C[C@H]1c1ccccc1. The summed E-state index contributed by atoms with van der Waals surface area (Å²) in [5.74, 6) is 1.61. The highest BCUT2D eigenvalue weighted by atomic mass is 14.4. The Labute approximate surface area is 80.3 Å². The zero-order valence-corrected chi connectivity index (χ0v) is 8.33. The van der Waals surface area contributed by atoms with Crippen molar-refractivity contribution in [2.75, 3.05) is 0 Å². The van der Waals surface area contributed by atoms with Crippen molar-refractivity contribution < 1.29 is 0 Å². The highest BCUT2D eigenvalue weighted by Gasteiger charge is 2.35. The quantitative estimate of drug-likeness (QED) is 0.596. The molecular formula is C13H16. The zero-order chi connectivity index (χ0) is 9.26. The molecule has 2 rings (SSSR count). The number of allylic oxidation sites excluding steroid dienone is 2. The largest absolute Gasteiger partial charge is 0.0821 e. The molecule has 1 aliphatic rings. The van der Waals surface area contributed by atoms with Crippen molar-refractivity contribution in [1.82, 2.24) is 0 Å². The summed E-state index contributed by atoms with van der Waals surface area (Å²) in [6, 6.07) is 10.8. The molecule has 0 unspecified atom stereocenters. The minimum Gasteiger partial charge on any atom is -0.0821 e. The van der Waals surface area contributed by atoms with Gasteiger partial charge in [0.05, 0.1) is 0 Å². The molecule has 1 aromatic rings. The predicted octanol–water partition coefficient (Wildman–Crippen LogP) is 3.76. The molecule has 0 aliphatic heterocycles. The van der Waals surface area contributed by atoms with E-state index in [0.717, 1.165) is 11.8 Å². The molecule has 1 saturated carbocycles. The summed E-state index contributed by atoms with van der Waals surface area (Å²) in [6.07, 6.45) is 3.74. The van der Waals surface area contributed by atoms with Gasteiger partial charge in [0.2, 0.25) is 0 Å². The topological polar surface area (TPSA) is 0 Å². The van der Waals surface area contributed by atoms with Crippen LogP contribution in [0.1, 0.15) is 31.7 Å². The molecule has 0 radical (unpaired) electrons. The van der Waals surface area contributed by atoms with Crippen molar-refractivity contribution in [2.24, 2.45) is 5.92 Å². The lowest BCUT2D eigenvalue weighted by Crippen LogP contribution is -1.80. The van der Waals surface area contributed by atoms with Crippen molar-refractivity contribution >= 4 is 0 Å². The van der Waals surface area contributed by atoms with E-state index in [1.165, 1.54) is 17.6 Å². The van der Waals surface area contributed by atoms with Gasteiger partial charge in [-0.15, -0.1) is 0 Å². The molecule has 0 aromatic heterocycles. The highest BCUT2D eigenvalue weighted by molar-refractivity contribution is 5.28. The van der Waals surface area contributed by atoms with Crippen LogP contribution in [0.4, 0.5) is 0 Å². The van der Waals surface area contributed by atoms with E-state index in [9.17, 15) is 0 Å². The van der Waals surface area contributed by atoms with Crippen molar-refractivity contribution in [3.05, 3.63) is 47.5 Å². The van der Waals surface area contributed by atoms with E-state index in [0.29, 0.717) is 0 Å². The zero-order valence-electron chi connectivity index (χ0n) is 8.33. The Balaban J connectivity index is 2.05. The second-order valence-electron chi connectivity index (χ2n) is 4.16. The standard InChI is InChI=1S/C13H16/c1-10(2)8-12-9-13(12)11-6-4-3-5-7-11/h3-8,12-13H,9H2,1-2H3/t12-,13-/m0/s1. The molecule has 0 saturated heterocycles. The van der Waals surface area contributed by atoms with Crippen molar-refractivity contribution in [2.45, 2.75) is 26.2 Å². The van der Waals surface area contributed by atoms with Crippen LogP contribution in [0.15, 0.2) is 42.0 Å². The van der Waals surface area contributed by atoms with E-state index >= 15 is 0 Å². The summed E-state index contributed by atoms with van der Waals surface area (Å²) in [5.41, 5.74) is 2.95. The Morgan fingerprint density at radius 2 is 1.92 bits per heavy atom. The summed E-state index contributed by atoms with van der Waals surface area (Å²) in [5, 5.41) is 0. The van der Waals surface area contributed by atoms with E-state index in [1.54, 1.807) is 0 Å². The Hall–Kier alpha value is -1.04. The number of benzene rings is 1. The Morgan fingerprint density at radius 3 is 2.54 bits per heavy atom. The number of hydrogen-bond donors (Lipinski definition) is 0. The average molecular weight is 172 g/mol. The molecule has 0 bridgehead atoms. The number of rotatable bonds is 2. The smallest absolute Gasteiger partial charge is 0.00929 e. The minimum absolute atomic E-state index is 0.802. The van der Waals surface area contributed by atoms with Crippen LogP contribution in [0.25, 0.3) is 0 Å². The fraction of sp³-hybridized carbons (Fsp3) is 0.385. The van der Waals surface area contributed by atoms with Crippen LogP contribution in [0.3, 0.4) is 0 Å². The van der Waals surface area contributed by atoms with Gasteiger partial charge in [-0.1, -0.05) is 42.0 Å². The maximum absolute atomic E-state index is 2.40. The van der Waals surface area contributed by atoms with Crippen LogP contribution in [0.5, 0.6) is 0 Å². The van der Waals surface area contributed by atoms with E-state index < -0.39 is 0 Å². The molecule has 0 heteroatoms. The second-order valence-corrected chi connectivity index (χ2v) is 4.16. The Morgan fingerprint density at radius 1 is 1.23 bits per heavy atom. The maximum Gasteiger partial charge on any atom is -0.00929 e. The molecular weight excluding hydrogens is 156 g/mol. The van der Waals surface area contributed by atoms with Crippen LogP contribution in [-0.4, -0.2) is 0 Å². The number of hydrogen-bond acceptors (Lipinski definition) is 0. The molecule has 0 N–H and O–H groups in total. The van der Waals surface area contributed by atoms with Crippen LogP contribution in [0.2, 0.25) is 0 Å². The van der Waals surface area contributed by atoms with Gasteiger partial charge >= 0.3 is 0 Å². The third-order valence-electron chi connectivity index (χ3n) is 2.61. The predicted molar refractivity (Wildman–Crippen MR) is 56.7 cm³/mol. The van der Waals surface area contributed by atoms with Crippen LogP contribution < -0.4 is 0 Å². The molecule has 1 aliphatic carbocycles. The summed E-state index contributed by atoms with van der Waals surface area (Å²) in [7, 11) is 0. The van der Waals surface area contributed by atoms with Crippen molar-refractivity contribution in [3.8, 4) is 0 Å². The molecule has 1 fully saturated rings. The molecule has 0 spiro atoms. The fourth-order valence-electron chi connectivity index (χ4n) is 1.91. The lowest BCUT2D eigenvalue weighted by Gasteiger charge is -1.96. The highest BCUT2D eigenvalue weighted by Crippen LogP contribution is 2.48. The first-order chi connectivity index (χ1) is 6.27. The lowest BCUT2D eigenvalue weighted by molar-refractivity contribution is 0.996. The second kappa shape index (κ2) is 3.37. The molecule has 0 heterocycles. The van der Waals surface area contributed by atoms with Gasteiger partial charge in [0.1, 0.15) is 0 Å². The van der Waals surface area contributed by atoms with Crippen molar-refractivity contribution in [1.29, 1.82) is 0 Å². The first-order valence-corrected chi connectivity index (χ1v) is 4.97. The van der Waals surface area contributed by atoms with Crippen LogP contribution in [0, 0.1) is 5.92 Å². The van der Waals surface area contributed by atoms with E-state index in [1.807, 2.05) is 0 Å². The van der Waals surface area contributed by atoms with Gasteiger partial charge in [0.25, 0.3) is 0 Å². The van der Waals surface area contributed by atoms with E-state index in [2.05, 4.69) is 50.3 Å². The normalized spacial score (nSPS) is 25.4. The van der Waals surface area contributed by atoms with Gasteiger partial charge in [-0.2, -0.15) is 0 Å². The van der Waals surface area contributed by atoms with E-state index in [-0.39, 0.29) is 0 Å². The maximum atomic E-state index is 2.40. The van der Waals surface area contributed by atoms with Crippen molar-refractivity contribution in [3.63, 3.8) is 0 Å². The lowest BCUT2D eigenvalue weighted by atomic mass is 10.1. The van der Waals surface area contributed by atoms with E-state index in [4.69, 9.17) is 0 Å². The monoisotopic (exact) mass is 172 g/mol. The Kier molecular flexibility index (Phi) is 2.22. The summed E-state index contributed by atoms with van der Waals surface area (Å²) in [6.45, 7) is 4.36. The molecule has 0 amide bonds. The Bertz CT molecular complexity index is 304. The molecule has 13 heavy (non-hydrogen) atoms. The molecule has 0 nitrogen and oxygen atoms in total. The third-order valence-corrected chi connectivity index (χ3v) is 2.61. The van der Waals surface area contributed by atoms with Gasteiger partial charge in [-0.3, -0.25) is 0 Å². The molecule has 68 valence electrons. The first-order valence-electron chi connectivity index (χ1n) is 4.97. The van der Waals surface area contributed by atoms with Crippen LogP contribution in [-0.2, 0) is 0 Å². The molecule has 2 atom stereocenters. The third kappa shape index (κ3) is 2.00. The van der Waals surface area contributed by atoms with Gasteiger partial charge in [-0.25, -0.2) is 0 Å². The molecule has 1 aromatic carbocycles.